The minimum absolute atomic E-state index is 0.0322. The molecule has 0 heterocycles. The molecule has 0 unspecified atom stereocenters. The second-order valence-electron chi connectivity index (χ2n) is 6.96. The molecule has 134 valence electrons. The molecule has 0 aromatic heterocycles. The summed E-state index contributed by atoms with van der Waals surface area (Å²) in [4.78, 5) is 12.4. The van der Waals surface area contributed by atoms with Gasteiger partial charge in [0.25, 0.3) is 5.91 Å². The molecule has 1 N–H and O–H groups in total. The number of amides is 1. The van der Waals surface area contributed by atoms with Crippen molar-refractivity contribution in [3.63, 3.8) is 0 Å². The van der Waals surface area contributed by atoms with Gasteiger partial charge >= 0.3 is 0 Å². The van der Waals surface area contributed by atoms with Crippen molar-refractivity contribution in [1.29, 1.82) is 0 Å². The normalized spacial score (nSPS) is 14.5. The Labute approximate surface area is 152 Å². The highest BCUT2D eigenvalue weighted by Gasteiger charge is 2.24. The standard InChI is InChI=1S/C23H31NO/c1-4-23(5-2,6-3)18-24-22(25)21-15-13-20(14-16-21)17-19-11-9-7-8-10-12-19/h7-16,19H,4-6,17-18H2,1-3H3,(H,24,25). The van der Waals surface area contributed by atoms with Crippen LogP contribution >= 0.6 is 0 Å². The Morgan fingerprint density at radius 3 is 2.00 bits per heavy atom. The van der Waals surface area contributed by atoms with Gasteiger partial charge in [-0.15, -0.1) is 0 Å². The number of allylic oxidation sites excluding steroid dienone is 6. The topological polar surface area (TPSA) is 29.1 Å². The molecule has 0 fully saturated rings. The van der Waals surface area contributed by atoms with Gasteiger partial charge in [-0.2, -0.15) is 0 Å². The summed E-state index contributed by atoms with van der Waals surface area (Å²) in [6, 6.07) is 8.03. The molecule has 0 saturated heterocycles. The summed E-state index contributed by atoms with van der Waals surface area (Å²) in [5.41, 5.74) is 2.22. The van der Waals surface area contributed by atoms with Crippen LogP contribution in [0.2, 0.25) is 0 Å². The molecule has 0 bridgehead atoms. The van der Waals surface area contributed by atoms with Gasteiger partial charge in [0.05, 0.1) is 0 Å². The third-order valence-corrected chi connectivity index (χ3v) is 5.61. The summed E-state index contributed by atoms with van der Waals surface area (Å²) in [6.07, 6.45) is 16.9. The molecular weight excluding hydrogens is 306 g/mol. The predicted octanol–water partition coefficient (Wildman–Crippen LogP) is 5.47. The highest BCUT2D eigenvalue weighted by atomic mass is 16.1. The van der Waals surface area contributed by atoms with Gasteiger partial charge in [0.15, 0.2) is 0 Å². The first kappa shape index (κ1) is 19.2. The van der Waals surface area contributed by atoms with E-state index in [9.17, 15) is 4.79 Å². The van der Waals surface area contributed by atoms with Gasteiger partial charge in [-0.05, 0) is 54.7 Å². The van der Waals surface area contributed by atoms with Gasteiger partial charge in [0.2, 0.25) is 0 Å². The third kappa shape index (κ3) is 5.45. The van der Waals surface area contributed by atoms with Crippen LogP contribution in [0.4, 0.5) is 0 Å². The molecule has 2 nitrogen and oxygen atoms in total. The van der Waals surface area contributed by atoms with Crippen molar-refractivity contribution in [2.45, 2.75) is 46.5 Å². The summed E-state index contributed by atoms with van der Waals surface area (Å²) in [5.74, 6) is 0.443. The molecule has 2 rings (SSSR count). The molecule has 0 radical (unpaired) electrons. The van der Waals surface area contributed by atoms with Crippen LogP contribution < -0.4 is 5.32 Å². The van der Waals surface area contributed by atoms with Crippen molar-refractivity contribution < 1.29 is 4.79 Å². The molecule has 0 atom stereocenters. The van der Waals surface area contributed by atoms with Crippen LogP contribution in [0.15, 0.2) is 60.7 Å². The zero-order chi connectivity index (χ0) is 18.1. The van der Waals surface area contributed by atoms with Crippen LogP contribution in [0, 0.1) is 11.3 Å². The molecule has 1 aromatic rings. The van der Waals surface area contributed by atoms with E-state index in [2.05, 4.69) is 62.5 Å². The van der Waals surface area contributed by atoms with Crippen molar-refractivity contribution in [2.75, 3.05) is 6.54 Å². The Balaban J connectivity index is 1.93. The fourth-order valence-electron chi connectivity index (χ4n) is 3.30. The third-order valence-electron chi connectivity index (χ3n) is 5.61. The zero-order valence-electron chi connectivity index (χ0n) is 15.8. The lowest BCUT2D eigenvalue weighted by Gasteiger charge is -2.30. The van der Waals surface area contributed by atoms with E-state index in [-0.39, 0.29) is 11.3 Å². The van der Waals surface area contributed by atoms with Gasteiger partial charge in [0, 0.05) is 12.1 Å². The number of benzene rings is 1. The van der Waals surface area contributed by atoms with Gasteiger partial charge in [0.1, 0.15) is 0 Å². The highest BCUT2D eigenvalue weighted by molar-refractivity contribution is 5.94. The van der Waals surface area contributed by atoms with Crippen molar-refractivity contribution in [3.8, 4) is 0 Å². The number of carbonyl (C=O) groups is 1. The summed E-state index contributed by atoms with van der Waals surface area (Å²) in [6.45, 7) is 7.38. The van der Waals surface area contributed by atoms with Gasteiger partial charge in [-0.3, -0.25) is 4.79 Å². The molecule has 1 aromatic carbocycles. The number of hydrogen-bond acceptors (Lipinski definition) is 1. The van der Waals surface area contributed by atoms with E-state index in [4.69, 9.17) is 0 Å². The molecule has 1 aliphatic carbocycles. The lowest BCUT2D eigenvalue weighted by atomic mass is 9.80. The average molecular weight is 338 g/mol. The fourth-order valence-corrected chi connectivity index (χ4v) is 3.30. The van der Waals surface area contributed by atoms with E-state index in [1.807, 2.05) is 24.3 Å². The molecule has 1 amide bonds. The highest BCUT2D eigenvalue weighted by Crippen LogP contribution is 2.29. The van der Waals surface area contributed by atoms with Gasteiger partial charge in [-0.25, -0.2) is 0 Å². The summed E-state index contributed by atoms with van der Waals surface area (Å²) in [5, 5.41) is 3.13. The smallest absolute Gasteiger partial charge is 0.251 e. The first-order chi connectivity index (χ1) is 12.1. The summed E-state index contributed by atoms with van der Waals surface area (Å²) < 4.78 is 0. The first-order valence-electron chi connectivity index (χ1n) is 9.51. The second kappa shape index (κ2) is 9.41. The molecule has 25 heavy (non-hydrogen) atoms. The summed E-state index contributed by atoms with van der Waals surface area (Å²) in [7, 11) is 0. The van der Waals surface area contributed by atoms with E-state index < -0.39 is 0 Å². The van der Waals surface area contributed by atoms with Crippen molar-refractivity contribution in [3.05, 3.63) is 71.8 Å². The second-order valence-corrected chi connectivity index (χ2v) is 6.96. The van der Waals surface area contributed by atoms with Crippen LogP contribution in [0.1, 0.15) is 56.0 Å². The minimum Gasteiger partial charge on any atom is -0.351 e. The van der Waals surface area contributed by atoms with E-state index in [1.54, 1.807) is 0 Å². The number of hydrogen-bond donors (Lipinski definition) is 1. The predicted molar refractivity (Wildman–Crippen MR) is 107 cm³/mol. The molecular formula is C23H31NO. The Bertz CT molecular complexity index is 608. The van der Waals surface area contributed by atoms with E-state index in [1.165, 1.54) is 5.56 Å². The molecule has 0 spiro atoms. The number of nitrogens with one attached hydrogen (secondary N) is 1. The fraction of sp³-hybridized carbons (Fsp3) is 0.435. The molecule has 1 aliphatic rings. The monoisotopic (exact) mass is 337 g/mol. The first-order valence-corrected chi connectivity index (χ1v) is 9.51. The number of rotatable bonds is 8. The van der Waals surface area contributed by atoms with Crippen molar-refractivity contribution >= 4 is 5.91 Å². The molecule has 0 saturated carbocycles. The Hall–Kier alpha value is -2.09. The minimum atomic E-state index is 0.0322. The maximum Gasteiger partial charge on any atom is 0.251 e. The maximum atomic E-state index is 12.4. The van der Waals surface area contributed by atoms with Gasteiger partial charge in [-0.1, -0.05) is 69.4 Å². The van der Waals surface area contributed by atoms with E-state index in [0.29, 0.717) is 5.92 Å². The lowest BCUT2D eigenvalue weighted by Crippen LogP contribution is -2.36. The van der Waals surface area contributed by atoms with Crippen molar-refractivity contribution in [1.82, 2.24) is 5.32 Å². The Kier molecular flexibility index (Phi) is 7.24. The van der Waals surface area contributed by atoms with Gasteiger partial charge < -0.3 is 5.32 Å². The summed E-state index contributed by atoms with van der Waals surface area (Å²) >= 11 is 0. The Morgan fingerprint density at radius 1 is 0.920 bits per heavy atom. The quantitative estimate of drug-likeness (QED) is 0.669. The van der Waals surface area contributed by atoms with Crippen LogP contribution in [-0.4, -0.2) is 12.5 Å². The lowest BCUT2D eigenvalue weighted by molar-refractivity contribution is 0.0923. The van der Waals surface area contributed by atoms with Crippen LogP contribution in [0.5, 0.6) is 0 Å². The van der Waals surface area contributed by atoms with Crippen LogP contribution in [0.25, 0.3) is 0 Å². The SMILES string of the molecule is CCC(CC)(CC)CNC(=O)c1ccc(CC2C=CC=CC=C2)cc1. The van der Waals surface area contributed by atoms with E-state index >= 15 is 0 Å². The van der Waals surface area contributed by atoms with Crippen LogP contribution in [0.3, 0.4) is 0 Å². The molecule has 2 heteroatoms. The average Bonchev–Trinajstić information content (AvgIpc) is 2.92. The number of carbonyl (C=O) groups excluding carboxylic acids is 1. The zero-order valence-corrected chi connectivity index (χ0v) is 15.8. The Morgan fingerprint density at radius 2 is 1.48 bits per heavy atom. The van der Waals surface area contributed by atoms with Crippen molar-refractivity contribution in [2.24, 2.45) is 11.3 Å². The largest absolute Gasteiger partial charge is 0.351 e. The molecule has 0 aliphatic heterocycles. The van der Waals surface area contributed by atoms with E-state index in [0.717, 1.165) is 37.8 Å². The maximum absolute atomic E-state index is 12.4. The van der Waals surface area contributed by atoms with Crippen LogP contribution in [-0.2, 0) is 6.42 Å².